The smallest absolute Gasteiger partial charge is 0.291 e. The summed E-state index contributed by atoms with van der Waals surface area (Å²) in [6, 6.07) is 10.0. The quantitative estimate of drug-likeness (QED) is 0.911. The van der Waals surface area contributed by atoms with Gasteiger partial charge in [-0.1, -0.05) is 12.1 Å². The molecule has 0 spiro atoms. The number of hydrogen-bond donors (Lipinski definition) is 2. The van der Waals surface area contributed by atoms with Crippen molar-refractivity contribution < 1.29 is 14.0 Å². The van der Waals surface area contributed by atoms with Gasteiger partial charge in [-0.3, -0.25) is 9.59 Å². The van der Waals surface area contributed by atoms with Crippen LogP contribution in [0.25, 0.3) is 0 Å². The Balaban J connectivity index is 2.21. The van der Waals surface area contributed by atoms with Crippen molar-refractivity contribution >= 4 is 17.5 Å². The standard InChI is InChI=1S/C16H18N2O3/c1-16(2,3)18-14(19)11-7-4-5-8-12(11)17-15(20)13-9-6-10-21-13/h4-10H,1-3H3,(H,17,20)(H,18,19). The predicted octanol–water partition coefficient (Wildman–Crippen LogP) is 3.06. The molecule has 1 aromatic heterocycles. The number of amides is 2. The van der Waals surface area contributed by atoms with Gasteiger partial charge in [0.05, 0.1) is 17.5 Å². The Hall–Kier alpha value is -2.56. The highest BCUT2D eigenvalue weighted by Crippen LogP contribution is 2.17. The van der Waals surface area contributed by atoms with E-state index in [-0.39, 0.29) is 17.2 Å². The summed E-state index contributed by atoms with van der Waals surface area (Å²) in [4.78, 5) is 24.3. The third kappa shape index (κ3) is 3.95. The molecule has 0 unspecified atom stereocenters. The van der Waals surface area contributed by atoms with Crippen LogP contribution in [-0.4, -0.2) is 17.4 Å². The van der Waals surface area contributed by atoms with Crippen LogP contribution >= 0.6 is 0 Å². The highest BCUT2D eigenvalue weighted by molar-refractivity contribution is 6.07. The molecule has 110 valence electrons. The average molecular weight is 286 g/mol. The van der Waals surface area contributed by atoms with Gasteiger partial charge in [-0.25, -0.2) is 0 Å². The van der Waals surface area contributed by atoms with Crippen LogP contribution < -0.4 is 10.6 Å². The summed E-state index contributed by atoms with van der Waals surface area (Å²) < 4.78 is 5.04. The molecule has 0 fully saturated rings. The van der Waals surface area contributed by atoms with E-state index in [1.807, 2.05) is 20.8 Å². The summed E-state index contributed by atoms with van der Waals surface area (Å²) >= 11 is 0. The minimum Gasteiger partial charge on any atom is -0.459 e. The molecule has 0 aliphatic carbocycles. The fourth-order valence-corrected chi connectivity index (χ4v) is 1.79. The number of para-hydroxylation sites is 1. The summed E-state index contributed by atoms with van der Waals surface area (Å²) in [7, 11) is 0. The van der Waals surface area contributed by atoms with E-state index >= 15 is 0 Å². The van der Waals surface area contributed by atoms with Gasteiger partial charge in [0, 0.05) is 5.54 Å². The fraction of sp³-hybridized carbons (Fsp3) is 0.250. The number of benzene rings is 1. The lowest BCUT2D eigenvalue weighted by Crippen LogP contribution is -2.40. The van der Waals surface area contributed by atoms with Gasteiger partial charge >= 0.3 is 0 Å². The van der Waals surface area contributed by atoms with Gasteiger partial charge in [0.15, 0.2) is 5.76 Å². The maximum Gasteiger partial charge on any atom is 0.291 e. The van der Waals surface area contributed by atoms with E-state index in [1.54, 1.807) is 36.4 Å². The fourth-order valence-electron chi connectivity index (χ4n) is 1.79. The molecule has 0 atom stereocenters. The van der Waals surface area contributed by atoms with Crippen LogP contribution in [0.2, 0.25) is 0 Å². The van der Waals surface area contributed by atoms with Crippen molar-refractivity contribution in [1.82, 2.24) is 5.32 Å². The number of nitrogens with one attached hydrogen (secondary N) is 2. The van der Waals surface area contributed by atoms with Gasteiger partial charge in [-0.05, 0) is 45.0 Å². The maximum atomic E-state index is 12.3. The van der Waals surface area contributed by atoms with Crippen LogP contribution in [0.4, 0.5) is 5.69 Å². The Labute approximate surface area is 123 Å². The molecule has 2 N–H and O–H groups in total. The van der Waals surface area contributed by atoms with Crippen molar-refractivity contribution in [3.63, 3.8) is 0 Å². The number of furan rings is 1. The summed E-state index contributed by atoms with van der Waals surface area (Å²) in [6.07, 6.45) is 1.42. The second kappa shape index (κ2) is 5.83. The molecule has 0 aliphatic rings. The SMILES string of the molecule is CC(C)(C)NC(=O)c1ccccc1NC(=O)c1ccco1. The average Bonchev–Trinajstić information content (AvgIpc) is 2.91. The number of anilines is 1. The Morgan fingerprint density at radius 1 is 1.00 bits per heavy atom. The maximum absolute atomic E-state index is 12.3. The van der Waals surface area contributed by atoms with Gasteiger partial charge in [0.2, 0.25) is 0 Å². The summed E-state index contributed by atoms with van der Waals surface area (Å²) in [5.74, 6) is -0.435. The largest absolute Gasteiger partial charge is 0.459 e. The first-order valence-corrected chi connectivity index (χ1v) is 6.63. The van der Waals surface area contributed by atoms with Crippen LogP contribution in [0.15, 0.2) is 47.1 Å². The molecule has 0 aliphatic heterocycles. The van der Waals surface area contributed by atoms with Crippen LogP contribution in [-0.2, 0) is 0 Å². The second-order valence-corrected chi connectivity index (χ2v) is 5.68. The van der Waals surface area contributed by atoms with E-state index in [0.717, 1.165) is 0 Å². The van der Waals surface area contributed by atoms with Gasteiger partial charge in [-0.2, -0.15) is 0 Å². The Bertz CT molecular complexity index is 640. The minimum atomic E-state index is -0.393. The van der Waals surface area contributed by atoms with Crippen molar-refractivity contribution in [3.8, 4) is 0 Å². The van der Waals surface area contributed by atoms with E-state index in [9.17, 15) is 9.59 Å². The lowest BCUT2D eigenvalue weighted by molar-refractivity contribution is 0.0920. The van der Waals surface area contributed by atoms with Crippen molar-refractivity contribution in [1.29, 1.82) is 0 Å². The lowest BCUT2D eigenvalue weighted by atomic mass is 10.1. The Kier molecular flexibility index (Phi) is 4.12. The Morgan fingerprint density at radius 2 is 1.71 bits per heavy atom. The van der Waals surface area contributed by atoms with E-state index < -0.39 is 5.91 Å². The third-order valence-electron chi connectivity index (χ3n) is 2.65. The highest BCUT2D eigenvalue weighted by atomic mass is 16.3. The van der Waals surface area contributed by atoms with Crippen molar-refractivity contribution in [2.45, 2.75) is 26.3 Å². The summed E-state index contributed by atoms with van der Waals surface area (Å²) in [5, 5.41) is 5.56. The van der Waals surface area contributed by atoms with Gasteiger partial charge in [0.1, 0.15) is 0 Å². The normalized spacial score (nSPS) is 11.0. The zero-order valence-electron chi connectivity index (χ0n) is 12.3. The van der Waals surface area contributed by atoms with Crippen LogP contribution in [0.1, 0.15) is 41.7 Å². The molecule has 0 saturated carbocycles. The van der Waals surface area contributed by atoms with Crippen molar-refractivity contribution in [2.24, 2.45) is 0 Å². The monoisotopic (exact) mass is 286 g/mol. The summed E-state index contributed by atoms with van der Waals surface area (Å²) in [6.45, 7) is 5.69. The van der Waals surface area contributed by atoms with E-state index in [2.05, 4.69) is 10.6 Å². The van der Waals surface area contributed by atoms with Gasteiger partial charge in [0.25, 0.3) is 11.8 Å². The molecular weight excluding hydrogens is 268 g/mol. The number of rotatable bonds is 3. The van der Waals surface area contributed by atoms with Gasteiger partial charge < -0.3 is 15.1 Å². The van der Waals surface area contributed by atoms with Crippen LogP contribution in [0, 0.1) is 0 Å². The van der Waals surface area contributed by atoms with Crippen LogP contribution in [0.3, 0.4) is 0 Å². The third-order valence-corrected chi connectivity index (χ3v) is 2.65. The molecule has 1 heterocycles. The zero-order valence-corrected chi connectivity index (χ0v) is 12.3. The molecule has 21 heavy (non-hydrogen) atoms. The van der Waals surface area contributed by atoms with Crippen molar-refractivity contribution in [3.05, 3.63) is 54.0 Å². The lowest BCUT2D eigenvalue weighted by Gasteiger charge is -2.21. The molecule has 0 radical (unpaired) electrons. The van der Waals surface area contributed by atoms with E-state index in [4.69, 9.17) is 4.42 Å². The predicted molar refractivity (Wildman–Crippen MR) is 80.3 cm³/mol. The first-order chi connectivity index (χ1) is 9.87. The number of carbonyl (C=O) groups is 2. The molecule has 5 heteroatoms. The summed E-state index contributed by atoms with van der Waals surface area (Å²) in [5.41, 5.74) is 0.503. The molecule has 0 saturated heterocycles. The molecule has 2 aromatic rings. The number of hydrogen-bond acceptors (Lipinski definition) is 3. The molecule has 5 nitrogen and oxygen atoms in total. The number of carbonyl (C=O) groups excluding carboxylic acids is 2. The molecule has 2 rings (SSSR count). The first-order valence-electron chi connectivity index (χ1n) is 6.63. The molecule has 2 amide bonds. The topological polar surface area (TPSA) is 71.3 Å². The first kappa shape index (κ1) is 14.8. The van der Waals surface area contributed by atoms with Crippen LogP contribution in [0.5, 0.6) is 0 Å². The molecular formula is C16H18N2O3. The second-order valence-electron chi connectivity index (χ2n) is 5.68. The highest BCUT2D eigenvalue weighted by Gasteiger charge is 2.19. The van der Waals surface area contributed by atoms with Gasteiger partial charge in [-0.15, -0.1) is 0 Å². The van der Waals surface area contributed by atoms with E-state index in [1.165, 1.54) is 6.26 Å². The Morgan fingerprint density at radius 3 is 2.33 bits per heavy atom. The zero-order chi connectivity index (χ0) is 15.5. The van der Waals surface area contributed by atoms with Crippen molar-refractivity contribution in [2.75, 3.05) is 5.32 Å². The van der Waals surface area contributed by atoms with E-state index in [0.29, 0.717) is 11.3 Å². The molecule has 0 bridgehead atoms. The minimum absolute atomic E-state index is 0.195. The molecule has 1 aromatic carbocycles.